The minimum atomic E-state index is -0.377. The topological polar surface area (TPSA) is 90.9 Å². The molecular formula is C31H42N6O3. The number of carbonyl (C=O) groups excluding carboxylic acids is 2. The van der Waals surface area contributed by atoms with Gasteiger partial charge in [-0.1, -0.05) is 57.5 Å². The van der Waals surface area contributed by atoms with Crippen LogP contribution >= 0.6 is 0 Å². The number of hydrogen-bond acceptors (Lipinski definition) is 7. The van der Waals surface area contributed by atoms with Gasteiger partial charge in [-0.05, 0) is 43.2 Å². The van der Waals surface area contributed by atoms with E-state index in [9.17, 15) is 9.59 Å². The van der Waals surface area contributed by atoms with E-state index in [-0.39, 0.29) is 30.6 Å². The summed E-state index contributed by atoms with van der Waals surface area (Å²) in [4.78, 5) is 40.0. The number of aromatic nitrogens is 2. The second-order valence-corrected chi connectivity index (χ2v) is 11.6. The molecule has 9 heteroatoms. The van der Waals surface area contributed by atoms with Gasteiger partial charge in [0.05, 0.1) is 11.6 Å². The Bertz CT molecular complexity index is 1230. The van der Waals surface area contributed by atoms with Crippen LogP contribution < -0.4 is 10.2 Å². The Labute approximate surface area is 237 Å². The van der Waals surface area contributed by atoms with Crippen molar-refractivity contribution < 1.29 is 14.3 Å². The Morgan fingerprint density at radius 3 is 2.40 bits per heavy atom. The Hall–Kier alpha value is -3.46. The van der Waals surface area contributed by atoms with E-state index in [4.69, 9.17) is 4.74 Å². The van der Waals surface area contributed by atoms with Crippen molar-refractivity contribution in [2.45, 2.75) is 65.6 Å². The summed E-state index contributed by atoms with van der Waals surface area (Å²) in [6.07, 6.45) is 5.15. The molecule has 1 aromatic heterocycles. The third-order valence-electron chi connectivity index (χ3n) is 8.42. The maximum Gasteiger partial charge on any atom is 0.415 e. The van der Waals surface area contributed by atoms with E-state index >= 15 is 0 Å². The number of ether oxygens (including phenoxy) is 1. The molecule has 40 heavy (non-hydrogen) atoms. The third kappa shape index (κ3) is 6.14. The number of carbonyl (C=O) groups is 2. The lowest BCUT2D eigenvalue weighted by atomic mass is 9.96. The first kappa shape index (κ1) is 28.1. The van der Waals surface area contributed by atoms with Crippen LogP contribution in [-0.4, -0.2) is 64.5 Å². The zero-order valence-corrected chi connectivity index (χ0v) is 24.2. The maximum atomic E-state index is 12.8. The summed E-state index contributed by atoms with van der Waals surface area (Å²) < 4.78 is 5.20. The van der Waals surface area contributed by atoms with E-state index in [1.807, 2.05) is 25.7 Å². The molecule has 5 rings (SSSR count). The summed E-state index contributed by atoms with van der Waals surface area (Å²) in [5.74, 6) is 2.17. The molecule has 9 nitrogen and oxygen atoms in total. The average molecular weight is 547 g/mol. The van der Waals surface area contributed by atoms with Gasteiger partial charge in [0.2, 0.25) is 11.9 Å². The zero-order chi connectivity index (χ0) is 28.4. The molecule has 2 atom stereocenters. The molecule has 0 bridgehead atoms. The number of nitrogens with one attached hydrogen (secondary N) is 1. The lowest BCUT2D eigenvalue weighted by Gasteiger charge is -2.40. The van der Waals surface area contributed by atoms with Crippen LogP contribution in [0.1, 0.15) is 75.7 Å². The number of cyclic esters (lactones) is 1. The van der Waals surface area contributed by atoms with E-state index < -0.39 is 0 Å². The van der Waals surface area contributed by atoms with E-state index in [0.29, 0.717) is 29.9 Å². The van der Waals surface area contributed by atoms with Crippen molar-refractivity contribution in [1.29, 1.82) is 0 Å². The summed E-state index contributed by atoms with van der Waals surface area (Å²) in [7, 11) is 0. The standard InChI is InChI=1S/C31H42N6O3/c1-6-37-28-26(19-40-31(37)39)18-32-30(34-28)33-22(5)24-9-11-25(12-10-24)27(17-23-7-8-23)35-13-15-36(16-14-35)29(38)21(4)20(2)3/h9-12,18,20,22-23,27H,4,6-8,13-17,19H2,1-3,5H3,(H,32,33,34)/t22-,27-/m0/s1. The van der Waals surface area contributed by atoms with Crippen LogP contribution in [0.4, 0.5) is 16.6 Å². The molecule has 2 amide bonds. The molecule has 1 saturated carbocycles. The van der Waals surface area contributed by atoms with E-state index in [1.165, 1.54) is 29.7 Å². The van der Waals surface area contributed by atoms with Crippen molar-refractivity contribution in [2.75, 3.05) is 42.9 Å². The van der Waals surface area contributed by atoms with Gasteiger partial charge in [-0.15, -0.1) is 0 Å². The van der Waals surface area contributed by atoms with Gasteiger partial charge in [0.1, 0.15) is 12.4 Å². The van der Waals surface area contributed by atoms with Gasteiger partial charge in [-0.3, -0.25) is 14.6 Å². The molecule has 0 spiro atoms. The first-order chi connectivity index (χ1) is 19.2. The molecular weight excluding hydrogens is 504 g/mol. The molecule has 3 heterocycles. The minimum absolute atomic E-state index is 0.0109. The van der Waals surface area contributed by atoms with Crippen molar-refractivity contribution in [3.05, 3.63) is 59.3 Å². The Morgan fingerprint density at radius 1 is 1.10 bits per heavy atom. The van der Waals surface area contributed by atoms with Gasteiger partial charge in [0.15, 0.2) is 0 Å². The average Bonchev–Trinajstić information content (AvgIpc) is 3.79. The molecule has 1 aromatic carbocycles. The summed E-state index contributed by atoms with van der Waals surface area (Å²) in [5.41, 5.74) is 3.98. The number of amides is 2. The molecule has 214 valence electrons. The Balaban J connectivity index is 1.24. The molecule has 2 aromatic rings. The fourth-order valence-corrected chi connectivity index (χ4v) is 5.52. The normalized spacial score (nSPS) is 19.2. The number of anilines is 2. The van der Waals surface area contributed by atoms with Crippen molar-refractivity contribution in [1.82, 2.24) is 19.8 Å². The minimum Gasteiger partial charge on any atom is -0.444 e. The second kappa shape index (κ2) is 12.0. The summed E-state index contributed by atoms with van der Waals surface area (Å²) in [6, 6.07) is 9.23. The lowest BCUT2D eigenvalue weighted by Crippen LogP contribution is -2.50. The van der Waals surface area contributed by atoms with Crippen LogP contribution in [0.25, 0.3) is 0 Å². The lowest BCUT2D eigenvalue weighted by molar-refractivity contribution is -0.129. The van der Waals surface area contributed by atoms with Crippen LogP contribution in [-0.2, 0) is 16.1 Å². The van der Waals surface area contributed by atoms with Crippen molar-refractivity contribution in [3.8, 4) is 0 Å². The van der Waals surface area contributed by atoms with Gasteiger partial charge in [0.25, 0.3) is 0 Å². The van der Waals surface area contributed by atoms with E-state index in [0.717, 1.165) is 43.2 Å². The highest BCUT2D eigenvalue weighted by molar-refractivity contribution is 5.93. The fraction of sp³-hybridized carbons (Fsp3) is 0.548. The molecule has 1 saturated heterocycles. The highest BCUT2D eigenvalue weighted by Crippen LogP contribution is 2.40. The van der Waals surface area contributed by atoms with Crippen LogP contribution in [0.2, 0.25) is 0 Å². The number of benzene rings is 1. The number of rotatable bonds is 10. The molecule has 3 aliphatic rings. The molecule has 0 unspecified atom stereocenters. The van der Waals surface area contributed by atoms with Crippen molar-refractivity contribution in [2.24, 2.45) is 11.8 Å². The smallest absolute Gasteiger partial charge is 0.415 e. The second-order valence-electron chi connectivity index (χ2n) is 11.6. The monoisotopic (exact) mass is 546 g/mol. The maximum absolute atomic E-state index is 12.8. The van der Waals surface area contributed by atoms with Crippen molar-refractivity contribution in [3.63, 3.8) is 0 Å². The van der Waals surface area contributed by atoms with Gasteiger partial charge < -0.3 is 15.0 Å². The Morgan fingerprint density at radius 2 is 1.77 bits per heavy atom. The number of fused-ring (bicyclic) bond motifs is 1. The first-order valence-corrected chi connectivity index (χ1v) is 14.6. The van der Waals surface area contributed by atoms with Crippen LogP contribution in [0.3, 0.4) is 0 Å². The molecule has 1 aliphatic carbocycles. The highest BCUT2D eigenvalue weighted by atomic mass is 16.6. The number of hydrogen-bond donors (Lipinski definition) is 1. The number of piperazine rings is 1. The highest BCUT2D eigenvalue weighted by Gasteiger charge is 2.33. The zero-order valence-electron chi connectivity index (χ0n) is 24.2. The van der Waals surface area contributed by atoms with Crippen molar-refractivity contribution >= 4 is 23.8 Å². The van der Waals surface area contributed by atoms with Gasteiger partial charge >= 0.3 is 6.09 Å². The van der Waals surface area contributed by atoms with Crippen LogP contribution in [0, 0.1) is 11.8 Å². The molecule has 0 radical (unpaired) electrons. The van der Waals surface area contributed by atoms with Gasteiger partial charge in [-0.25, -0.2) is 9.78 Å². The molecule has 1 N–H and O–H groups in total. The van der Waals surface area contributed by atoms with Gasteiger partial charge in [-0.2, -0.15) is 4.98 Å². The quantitative estimate of drug-likeness (QED) is 0.403. The SMILES string of the molecule is C=C(C(=O)N1CCN([C@@H](CC2CC2)c2ccc([C@H](C)Nc3ncc4c(n3)N(CC)C(=O)OC4)cc2)CC1)C(C)C. The Kier molecular flexibility index (Phi) is 8.40. The van der Waals surface area contributed by atoms with Gasteiger partial charge in [0, 0.05) is 50.5 Å². The predicted octanol–water partition coefficient (Wildman–Crippen LogP) is 5.32. The predicted molar refractivity (Wildman–Crippen MR) is 156 cm³/mol. The first-order valence-electron chi connectivity index (χ1n) is 14.6. The van der Waals surface area contributed by atoms with Crippen LogP contribution in [0.15, 0.2) is 42.6 Å². The summed E-state index contributed by atoms with van der Waals surface area (Å²) in [5, 5.41) is 3.40. The summed E-state index contributed by atoms with van der Waals surface area (Å²) >= 11 is 0. The summed E-state index contributed by atoms with van der Waals surface area (Å²) in [6.45, 7) is 16.0. The van der Waals surface area contributed by atoms with E-state index in [1.54, 1.807) is 6.20 Å². The third-order valence-corrected chi connectivity index (χ3v) is 8.42. The molecule has 2 fully saturated rings. The number of nitrogens with zero attached hydrogens (tertiary/aromatic N) is 5. The molecule has 2 aliphatic heterocycles. The van der Waals surface area contributed by atoms with E-state index in [2.05, 4.69) is 58.0 Å². The van der Waals surface area contributed by atoms with Crippen LogP contribution in [0.5, 0.6) is 0 Å². The fourth-order valence-electron chi connectivity index (χ4n) is 5.52. The largest absolute Gasteiger partial charge is 0.444 e.